The van der Waals surface area contributed by atoms with Gasteiger partial charge in [-0.05, 0) is 88.2 Å². The predicted octanol–water partition coefficient (Wildman–Crippen LogP) is 13.3. The largest absolute Gasteiger partial charge is 0.310 e. The third-order valence-electron chi connectivity index (χ3n) is 7.18. The van der Waals surface area contributed by atoms with Gasteiger partial charge in [0, 0.05) is 33.4 Å². The Kier molecular flexibility index (Phi) is 2.72. The van der Waals surface area contributed by atoms with Crippen LogP contribution < -0.4 is 4.90 Å². The lowest BCUT2D eigenvalue weighted by Gasteiger charge is -2.28. The maximum atomic E-state index is 9.81. The third-order valence-corrected chi connectivity index (χ3v) is 7.18. The summed E-state index contributed by atoms with van der Waals surface area (Å²) in [7, 11) is 0. The summed E-state index contributed by atoms with van der Waals surface area (Å²) < 4.78 is 304. The van der Waals surface area contributed by atoms with Crippen molar-refractivity contribution in [2.75, 3.05) is 4.90 Å². The summed E-state index contributed by atoms with van der Waals surface area (Å²) in [6.45, 7) is 0. The number of anilines is 3. The Balaban J connectivity index is 1.47. The minimum atomic E-state index is -1.36. The van der Waals surface area contributed by atoms with Crippen LogP contribution in [0.15, 0.2) is 205 Å². The van der Waals surface area contributed by atoms with Gasteiger partial charge in [0.2, 0.25) is 0 Å². The van der Waals surface area contributed by atoms with E-state index in [2.05, 4.69) is 0 Å². The van der Waals surface area contributed by atoms with Gasteiger partial charge in [-0.15, -0.1) is 0 Å². The first-order chi connectivity index (χ1) is 39.0. The molecule has 9 aromatic rings. The molecule has 9 rings (SSSR count). The van der Waals surface area contributed by atoms with E-state index in [9.17, 15) is 12.3 Å². The number of hydrogen-bond donors (Lipinski definition) is 0. The highest BCUT2D eigenvalue weighted by atomic mass is 15.1. The van der Waals surface area contributed by atoms with Gasteiger partial charge in [0.05, 0.1) is 63.3 Å². The average Bonchev–Trinajstić information content (AvgIpc) is 2.40. The molecule has 236 valence electrons. The summed E-state index contributed by atoms with van der Waals surface area (Å²) in [4.78, 5) is 0.295. The maximum absolute atomic E-state index is 9.81. The van der Waals surface area contributed by atoms with Gasteiger partial charge in [0.15, 0.2) is 0 Å². The highest BCUT2D eigenvalue weighted by Crippen LogP contribution is 2.42. The smallest absolute Gasteiger partial charge is 0.0651 e. The van der Waals surface area contributed by atoms with Crippen LogP contribution >= 0.6 is 0 Å². The predicted molar refractivity (Wildman–Crippen MR) is 212 cm³/mol. The second-order valence-electron chi connectivity index (χ2n) is 10.0. The molecule has 0 spiro atoms. The van der Waals surface area contributed by atoms with E-state index < -0.39 is 283 Å². The number of nitrogens with zero attached hydrogens (tertiary/aromatic N) is 2. The molecule has 0 aliphatic rings. The summed E-state index contributed by atoms with van der Waals surface area (Å²) in [6, 6.07) is -37.4. The Bertz CT molecular complexity index is 4430. The molecule has 2 nitrogen and oxygen atoms in total. The van der Waals surface area contributed by atoms with E-state index in [0.717, 1.165) is 0 Å². The van der Waals surface area contributed by atoms with E-state index in [1.165, 1.54) is 0 Å². The van der Waals surface area contributed by atoms with Crippen molar-refractivity contribution in [2.45, 2.75) is 0 Å². The van der Waals surface area contributed by atoms with Crippen molar-refractivity contribution >= 4 is 38.9 Å². The van der Waals surface area contributed by atoms with Crippen molar-refractivity contribution in [2.24, 2.45) is 0 Å². The Morgan fingerprint density at radius 2 is 0.900 bits per heavy atom. The Labute approximate surface area is 340 Å². The zero-order valence-electron chi connectivity index (χ0n) is 58.9. The fraction of sp³-hybridized carbons (Fsp3) is 0. The van der Waals surface area contributed by atoms with Gasteiger partial charge >= 0.3 is 0 Å². The first-order valence-electron chi connectivity index (χ1n) is 31.3. The van der Waals surface area contributed by atoms with E-state index in [4.69, 9.17) is 34.3 Å². The number of rotatable bonds is 7. The Morgan fingerprint density at radius 3 is 1.68 bits per heavy atom. The van der Waals surface area contributed by atoms with Crippen molar-refractivity contribution in [3.8, 4) is 39.1 Å². The van der Waals surface area contributed by atoms with Crippen molar-refractivity contribution < 1.29 is 46.6 Å². The molecule has 8 aromatic carbocycles. The summed E-state index contributed by atoms with van der Waals surface area (Å²) in [5.41, 5.74) is -11.7. The number of aromatic nitrogens is 1. The second kappa shape index (κ2) is 12.8. The zero-order valence-corrected chi connectivity index (χ0v) is 24.9. The number of para-hydroxylation sites is 3. The maximum Gasteiger partial charge on any atom is 0.0651 e. The second-order valence-corrected chi connectivity index (χ2v) is 10.0. The van der Waals surface area contributed by atoms with E-state index in [0.29, 0.717) is 9.47 Å². The van der Waals surface area contributed by atoms with Crippen LogP contribution in [0.5, 0.6) is 0 Å². The van der Waals surface area contributed by atoms with Gasteiger partial charge in [-0.1, -0.05) is 145 Å². The van der Waals surface area contributed by atoms with Gasteiger partial charge in [0.1, 0.15) is 0 Å². The fourth-order valence-corrected chi connectivity index (χ4v) is 5.07. The number of hydrogen-bond acceptors (Lipinski definition) is 1. The van der Waals surface area contributed by atoms with Gasteiger partial charge in [-0.25, -0.2) is 0 Å². The summed E-state index contributed by atoms with van der Waals surface area (Å²) in [5.74, 6) is 0. The molecule has 0 bridgehead atoms. The monoisotopic (exact) mass is 672 g/mol. The van der Waals surface area contributed by atoms with Crippen LogP contribution in [-0.4, -0.2) is 4.57 Å². The van der Waals surface area contributed by atoms with Crippen LogP contribution in [0.1, 0.15) is 46.6 Å². The van der Waals surface area contributed by atoms with E-state index >= 15 is 0 Å². The van der Waals surface area contributed by atoms with Crippen molar-refractivity contribution in [3.63, 3.8) is 0 Å². The molecule has 0 N–H and O–H groups in total. The van der Waals surface area contributed by atoms with Crippen LogP contribution in [0.4, 0.5) is 17.1 Å². The Morgan fingerprint density at radius 1 is 0.360 bits per heavy atom. The molecule has 0 fully saturated rings. The van der Waals surface area contributed by atoms with Gasteiger partial charge in [-0.3, -0.25) is 0 Å². The minimum Gasteiger partial charge on any atom is -0.310 e. The molecule has 2 heteroatoms. The van der Waals surface area contributed by atoms with Crippen LogP contribution in [0.25, 0.3) is 60.9 Å². The molecule has 0 saturated carbocycles. The normalized spacial score (nSPS) is 20.7. The molecule has 0 saturated heterocycles. The summed E-state index contributed by atoms with van der Waals surface area (Å²) in [5, 5.41) is -1.47. The van der Waals surface area contributed by atoms with Crippen molar-refractivity contribution in [1.29, 1.82) is 0 Å². The average molecular weight is 673 g/mol. The van der Waals surface area contributed by atoms with Crippen molar-refractivity contribution in [1.82, 2.24) is 4.57 Å². The van der Waals surface area contributed by atoms with Gasteiger partial charge < -0.3 is 9.47 Å². The quantitative estimate of drug-likeness (QED) is 0.164. The number of benzene rings is 8. The molecule has 0 unspecified atom stereocenters. The molecular formula is C48H34N2. The summed E-state index contributed by atoms with van der Waals surface area (Å²) >= 11 is 0. The van der Waals surface area contributed by atoms with E-state index in [-0.39, 0.29) is 0 Å². The first kappa shape index (κ1) is 10.7. The lowest BCUT2D eigenvalue weighted by atomic mass is 10.0. The van der Waals surface area contributed by atoms with Crippen LogP contribution in [0, 0.1) is 0 Å². The van der Waals surface area contributed by atoms with Crippen LogP contribution in [0.3, 0.4) is 0 Å². The third kappa shape index (κ3) is 5.34. The molecule has 0 amide bonds. The summed E-state index contributed by atoms with van der Waals surface area (Å²) in [6.07, 6.45) is 0. The molecule has 1 heterocycles. The molecule has 0 atom stereocenters. The molecule has 50 heavy (non-hydrogen) atoms. The molecule has 0 aliphatic carbocycles. The highest BCUT2D eigenvalue weighted by molar-refractivity contribution is 6.10. The number of fused-ring (bicyclic) bond motifs is 3. The molecular weight excluding hydrogens is 605 g/mol. The Hall–Kier alpha value is -6.64. The SMILES string of the molecule is [2H]c1c([2H])c([2H])c(-c2c([2H])c([2H])c([2H])c(-n3c4c([2H])c([2H])c([2H])c([2H])c4c4c([2H])c(-c5c([2H])c([2H])c(N(c6c([2H])c([2H])c([2H])c([2H])c6[2H])c6c([2H])c([2H])c([2H])c([2H])c6-c6c([2H])c([2H])c([2H])c([2H])c6[2H])c([2H])c5[2H])c([2H])c([2H])c43)c2[2H])c([2H])c1[2H]. The molecule has 1 aromatic heterocycles. The minimum absolute atomic E-state index is 0.295. The van der Waals surface area contributed by atoms with Gasteiger partial charge in [0.25, 0.3) is 0 Å². The van der Waals surface area contributed by atoms with Gasteiger partial charge in [-0.2, -0.15) is 0 Å². The molecule has 0 aliphatic heterocycles. The topological polar surface area (TPSA) is 8.17 Å². The lowest BCUT2D eigenvalue weighted by Crippen LogP contribution is -2.11. The lowest BCUT2D eigenvalue weighted by molar-refractivity contribution is 1.18. The van der Waals surface area contributed by atoms with E-state index in [1.54, 1.807) is 0 Å². The molecule has 0 radical (unpaired) electrons. The zero-order chi connectivity index (χ0) is 62.9. The first-order valence-corrected chi connectivity index (χ1v) is 14.3. The van der Waals surface area contributed by atoms with Crippen LogP contribution in [-0.2, 0) is 0 Å². The van der Waals surface area contributed by atoms with E-state index in [1.807, 2.05) is 0 Å². The fourth-order valence-electron chi connectivity index (χ4n) is 5.07. The van der Waals surface area contributed by atoms with Crippen molar-refractivity contribution in [3.05, 3.63) is 205 Å². The van der Waals surface area contributed by atoms with Crippen LogP contribution in [0.2, 0.25) is 0 Å². The highest BCUT2D eigenvalue weighted by Gasteiger charge is 2.18. The standard InChI is InChI=1S/C48H34N2/c1-4-15-35(16-5-1)38-19-14-22-42(33-38)50-47-26-13-11-24-44(47)45-34-39(29-32-48(45)50)36-27-30-41(31-28-36)49(40-20-8-3-9-21-40)46-25-12-10-23-43(46)37-17-6-2-7-18-37/h1-34H/i1D,2D,3D,4D,5D,6D,7D,8D,9D,10D,11D,12D,13D,14D,15D,16D,17D,18D,19D,20D,21D,22D,23D,24D,25D,26D,27D,28D,29D,30D,31D,32D,33D,34D.